The van der Waals surface area contributed by atoms with E-state index in [0.717, 1.165) is 25.9 Å². The second-order valence-corrected chi connectivity index (χ2v) is 7.18. The lowest BCUT2D eigenvalue weighted by Crippen LogP contribution is -2.34. The zero-order valence-corrected chi connectivity index (χ0v) is 13.0. The second kappa shape index (κ2) is 6.92. The number of nitriles is 1. The van der Waals surface area contributed by atoms with Gasteiger partial charge in [-0.15, -0.1) is 0 Å². The van der Waals surface area contributed by atoms with Gasteiger partial charge in [0.1, 0.15) is 0 Å². The Hall–Kier alpha value is -1.58. The van der Waals surface area contributed by atoms with Gasteiger partial charge in [0.15, 0.2) is 0 Å². The molecule has 1 aliphatic heterocycles. The number of anilines is 1. The molecular weight excluding hydrogens is 288 g/mol. The first kappa shape index (κ1) is 15.8. The Balaban J connectivity index is 2.13. The van der Waals surface area contributed by atoms with E-state index in [9.17, 15) is 8.42 Å². The van der Waals surface area contributed by atoms with Crippen molar-refractivity contribution in [2.45, 2.75) is 31.8 Å². The third kappa shape index (κ3) is 4.45. The molecule has 0 saturated carbocycles. The Kier molecular flexibility index (Phi) is 5.21. The Morgan fingerprint density at radius 3 is 2.86 bits per heavy atom. The van der Waals surface area contributed by atoms with E-state index in [2.05, 4.69) is 0 Å². The molecule has 1 aliphatic rings. The lowest BCUT2D eigenvalue weighted by Gasteiger charge is -2.27. The van der Waals surface area contributed by atoms with Crippen molar-refractivity contribution in [3.05, 3.63) is 29.8 Å². The highest BCUT2D eigenvalue weighted by atomic mass is 32.2. The van der Waals surface area contributed by atoms with Crippen LogP contribution in [-0.4, -0.2) is 33.9 Å². The molecule has 0 radical (unpaired) electrons. The second-order valence-electron chi connectivity index (χ2n) is 5.27. The lowest BCUT2D eigenvalue weighted by molar-refractivity contribution is 0.0130. The minimum absolute atomic E-state index is 0.127. The number of rotatable bonds is 5. The first-order chi connectivity index (χ1) is 10.0. The summed E-state index contributed by atoms with van der Waals surface area (Å²) in [4.78, 5) is 0. The molecule has 0 aromatic heterocycles. The first-order valence-electron chi connectivity index (χ1n) is 7.10. The minimum atomic E-state index is -3.38. The van der Waals surface area contributed by atoms with Gasteiger partial charge in [-0.3, -0.25) is 4.31 Å². The fourth-order valence-electron chi connectivity index (χ4n) is 2.51. The number of sulfonamides is 1. The maximum Gasteiger partial charge on any atom is 0.232 e. The van der Waals surface area contributed by atoms with Crippen molar-refractivity contribution in [3.8, 4) is 6.07 Å². The van der Waals surface area contributed by atoms with Gasteiger partial charge < -0.3 is 4.74 Å². The number of nitrogens with zero attached hydrogens (tertiary/aromatic N) is 2. The Labute approximate surface area is 126 Å². The van der Waals surface area contributed by atoms with Gasteiger partial charge in [-0.1, -0.05) is 6.07 Å². The molecule has 1 saturated heterocycles. The summed E-state index contributed by atoms with van der Waals surface area (Å²) in [5.74, 6) is 0. The third-order valence-corrected chi connectivity index (χ3v) is 4.79. The smallest absolute Gasteiger partial charge is 0.232 e. The van der Waals surface area contributed by atoms with Crippen molar-refractivity contribution >= 4 is 15.7 Å². The molecule has 0 N–H and O–H groups in total. The van der Waals surface area contributed by atoms with E-state index in [-0.39, 0.29) is 6.10 Å². The van der Waals surface area contributed by atoms with Crippen molar-refractivity contribution in [2.75, 3.05) is 23.7 Å². The maximum absolute atomic E-state index is 12.0. The SMILES string of the molecule is CS(=O)(=O)N(CCC1CCCCO1)c1cccc(C#N)c1. The molecule has 21 heavy (non-hydrogen) atoms. The molecule has 1 aromatic rings. The molecule has 2 rings (SSSR count). The van der Waals surface area contributed by atoms with Gasteiger partial charge >= 0.3 is 0 Å². The van der Waals surface area contributed by atoms with Crippen LogP contribution >= 0.6 is 0 Å². The van der Waals surface area contributed by atoms with Crippen LogP contribution in [-0.2, 0) is 14.8 Å². The van der Waals surface area contributed by atoms with Gasteiger partial charge in [0, 0.05) is 13.2 Å². The molecule has 1 unspecified atom stereocenters. The number of hydrogen-bond acceptors (Lipinski definition) is 4. The largest absolute Gasteiger partial charge is 0.378 e. The van der Waals surface area contributed by atoms with Crippen molar-refractivity contribution in [3.63, 3.8) is 0 Å². The molecule has 1 fully saturated rings. The van der Waals surface area contributed by atoms with Crippen LogP contribution in [0.2, 0.25) is 0 Å². The van der Waals surface area contributed by atoms with Gasteiger partial charge in [-0.05, 0) is 43.9 Å². The summed E-state index contributed by atoms with van der Waals surface area (Å²) < 4.78 is 31.0. The zero-order chi connectivity index (χ0) is 15.3. The monoisotopic (exact) mass is 308 g/mol. The van der Waals surface area contributed by atoms with E-state index in [1.165, 1.54) is 10.6 Å². The predicted octanol–water partition coefficient (Wildman–Crippen LogP) is 2.28. The quantitative estimate of drug-likeness (QED) is 0.836. The van der Waals surface area contributed by atoms with Crippen LogP contribution in [0, 0.1) is 11.3 Å². The van der Waals surface area contributed by atoms with E-state index in [1.54, 1.807) is 24.3 Å². The van der Waals surface area contributed by atoms with E-state index >= 15 is 0 Å². The molecular formula is C15H20N2O3S. The molecule has 6 heteroatoms. The molecule has 5 nitrogen and oxygen atoms in total. The molecule has 0 spiro atoms. The molecule has 1 aromatic carbocycles. The Bertz CT molecular complexity index is 616. The highest BCUT2D eigenvalue weighted by molar-refractivity contribution is 7.92. The Morgan fingerprint density at radius 2 is 2.24 bits per heavy atom. The van der Waals surface area contributed by atoms with E-state index in [4.69, 9.17) is 10.00 Å². The summed E-state index contributed by atoms with van der Waals surface area (Å²) in [6.07, 6.45) is 5.18. The van der Waals surface area contributed by atoms with E-state index in [1.807, 2.05) is 6.07 Å². The van der Waals surface area contributed by atoms with Crippen molar-refractivity contribution in [2.24, 2.45) is 0 Å². The molecule has 0 amide bonds. The number of ether oxygens (including phenoxy) is 1. The molecule has 0 bridgehead atoms. The average molecular weight is 308 g/mol. The summed E-state index contributed by atoms with van der Waals surface area (Å²) in [7, 11) is -3.38. The van der Waals surface area contributed by atoms with Gasteiger partial charge in [-0.25, -0.2) is 8.42 Å². The molecule has 1 atom stereocenters. The number of benzene rings is 1. The maximum atomic E-state index is 12.0. The van der Waals surface area contributed by atoms with Crippen LogP contribution in [0.15, 0.2) is 24.3 Å². The van der Waals surface area contributed by atoms with Gasteiger partial charge in [-0.2, -0.15) is 5.26 Å². The van der Waals surface area contributed by atoms with Gasteiger partial charge in [0.2, 0.25) is 10.0 Å². The highest BCUT2D eigenvalue weighted by Crippen LogP contribution is 2.22. The van der Waals surface area contributed by atoms with Crippen LogP contribution < -0.4 is 4.31 Å². The topological polar surface area (TPSA) is 70.4 Å². The summed E-state index contributed by atoms with van der Waals surface area (Å²) >= 11 is 0. The summed E-state index contributed by atoms with van der Waals surface area (Å²) in [6, 6.07) is 8.70. The van der Waals surface area contributed by atoms with Gasteiger partial charge in [0.05, 0.1) is 29.7 Å². The standard InChI is InChI=1S/C15H20N2O3S/c1-21(18,19)17(9-8-15-7-2-3-10-20-15)14-6-4-5-13(11-14)12-16/h4-6,11,15H,2-3,7-10H2,1H3. The number of hydrogen-bond donors (Lipinski definition) is 0. The van der Waals surface area contributed by atoms with Crippen LogP contribution in [0.5, 0.6) is 0 Å². The highest BCUT2D eigenvalue weighted by Gasteiger charge is 2.21. The fourth-order valence-corrected chi connectivity index (χ4v) is 3.45. The summed E-state index contributed by atoms with van der Waals surface area (Å²) in [5, 5.41) is 8.94. The fraction of sp³-hybridized carbons (Fsp3) is 0.533. The van der Waals surface area contributed by atoms with E-state index in [0.29, 0.717) is 24.2 Å². The molecule has 1 heterocycles. The van der Waals surface area contributed by atoms with Crippen molar-refractivity contribution < 1.29 is 13.2 Å². The zero-order valence-electron chi connectivity index (χ0n) is 12.2. The summed E-state index contributed by atoms with van der Waals surface area (Å²) in [5.41, 5.74) is 0.988. The molecule has 0 aliphatic carbocycles. The molecule has 114 valence electrons. The van der Waals surface area contributed by atoms with Crippen LogP contribution in [0.4, 0.5) is 5.69 Å². The summed E-state index contributed by atoms with van der Waals surface area (Å²) in [6.45, 7) is 1.13. The minimum Gasteiger partial charge on any atom is -0.378 e. The van der Waals surface area contributed by atoms with Crippen LogP contribution in [0.3, 0.4) is 0 Å². The van der Waals surface area contributed by atoms with Crippen molar-refractivity contribution in [1.82, 2.24) is 0 Å². The average Bonchev–Trinajstić information content (AvgIpc) is 2.47. The van der Waals surface area contributed by atoms with E-state index < -0.39 is 10.0 Å². The van der Waals surface area contributed by atoms with Crippen molar-refractivity contribution in [1.29, 1.82) is 5.26 Å². The first-order valence-corrected chi connectivity index (χ1v) is 8.95. The lowest BCUT2D eigenvalue weighted by atomic mass is 10.1. The van der Waals surface area contributed by atoms with Gasteiger partial charge in [0.25, 0.3) is 0 Å². The third-order valence-electron chi connectivity index (χ3n) is 3.59. The Morgan fingerprint density at radius 1 is 1.43 bits per heavy atom. The predicted molar refractivity (Wildman–Crippen MR) is 81.6 cm³/mol. The normalized spacial score (nSPS) is 19.0. The van der Waals surface area contributed by atoms with Crippen LogP contribution in [0.25, 0.3) is 0 Å². The van der Waals surface area contributed by atoms with Crippen LogP contribution in [0.1, 0.15) is 31.2 Å².